The van der Waals surface area contributed by atoms with Crippen molar-refractivity contribution in [1.29, 1.82) is 0 Å². The quantitative estimate of drug-likeness (QED) is 0.564. The summed E-state index contributed by atoms with van der Waals surface area (Å²) < 4.78 is 0. The number of ketones is 1. The van der Waals surface area contributed by atoms with Crippen molar-refractivity contribution >= 4 is 5.78 Å². The van der Waals surface area contributed by atoms with Crippen LogP contribution in [0.15, 0.2) is 11.6 Å². The van der Waals surface area contributed by atoms with Crippen LogP contribution in [-0.2, 0) is 4.79 Å². The highest BCUT2D eigenvalue weighted by molar-refractivity contribution is 5.93. The normalized spacial score (nSPS) is 25.6. The maximum atomic E-state index is 11.2. The fourth-order valence-corrected chi connectivity index (χ4v) is 1.38. The van der Waals surface area contributed by atoms with Crippen LogP contribution in [0.1, 0.15) is 33.6 Å². The Morgan fingerprint density at radius 2 is 2.18 bits per heavy atom. The molecule has 1 heteroatoms. The van der Waals surface area contributed by atoms with Gasteiger partial charge in [-0.15, -0.1) is 0 Å². The molecule has 0 saturated heterocycles. The first kappa shape index (κ1) is 8.51. The molecule has 0 saturated carbocycles. The first-order chi connectivity index (χ1) is 5.11. The van der Waals surface area contributed by atoms with Crippen LogP contribution in [0, 0.1) is 11.8 Å². The molecule has 0 bridgehead atoms. The van der Waals surface area contributed by atoms with Crippen LogP contribution in [-0.4, -0.2) is 5.78 Å². The Kier molecular flexibility index (Phi) is 2.48. The van der Waals surface area contributed by atoms with Gasteiger partial charge in [-0.3, -0.25) is 4.79 Å². The summed E-state index contributed by atoms with van der Waals surface area (Å²) in [5, 5.41) is 0. The number of hydrogen-bond acceptors (Lipinski definition) is 1. The van der Waals surface area contributed by atoms with Crippen LogP contribution in [0.25, 0.3) is 0 Å². The zero-order valence-electron chi connectivity index (χ0n) is 7.55. The molecule has 0 N–H and O–H groups in total. The van der Waals surface area contributed by atoms with Crippen LogP contribution >= 0.6 is 0 Å². The summed E-state index contributed by atoms with van der Waals surface area (Å²) in [5.74, 6) is 1.13. The summed E-state index contributed by atoms with van der Waals surface area (Å²) in [6.45, 7) is 6.31. The van der Waals surface area contributed by atoms with Crippen LogP contribution in [0.2, 0.25) is 0 Å². The third-order valence-electron chi connectivity index (χ3n) is 2.42. The van der Waals surface area contributed by atoms with Gasteiger partial charge in [0.25, 0.3) is 0 Å². The molecule has 1 aliphatic rings. The molecule has 0 unspecified atom stereocenters. The van der Waals surface area contributed by atoms with E-state index in [9.17, 15) is 4.79 Å². The first-order valence-corrected chi connectivity index (χ1v) is 4.35. The minimum absolute atomic E-state index is 0.262. The van der Waals surface area contributed by atoms with E-state index in [0.717, 1.165) is 12.8 Å². The summed E-state index contributed by atoms with van der Waals surface area (Å²) in [5.41, 5.74) is 1.33. The van der Waals surface area contributed by atoms with Gasteiger partial charge in [0, 0.05) is 5.92 Å². The largest absolute Gasteiger partial charge is 0.295 e. The lowest BCUT2D eigenvalue weighted by Crippen LogP contribution is -2.15. The fourth-order valence-electron chi connectivity index (χ4n) is 1.38. The molecule has 1 atom stereocenters. The topological polar surface area (TPSA) is 17.1 Å². The highest BCUT2D eigenvalue weighted by Crippen LogP contribution is 2.25. The predicted molar refractivity (Wildman–Crippen MR) is 46.3 cm³/mol. The summed E-state index contributed by atoms with van der Waals surface area (Å²) in [6.07, 6.45) is 4.01. The highest BCUT2D eigenvalue weighted by atomic mass is 16.1. The van der Waals surface area contributed by atoms with Crippen molar-refractivity contribution < 1.29 is 4.79 Å². The molecule has 0 amide bonds. The van der Waals surface area contributed by atoms with E-state index < -0.39 is 0 Å². The second kappa shape index (κ2) is 3.21. The zero-order chi connectivity index (χ0) is 8.43. The van der Waals surface area contributed by atoms with E-state index in [4.69, 9.17) is 0 Å². The standard InChI is InChI=1S/C10H16O/c1-7(2)9-5-4-8(3)10(11)6-9/h6-8H,4-5H2,1-3H3/t8-/m0/s1. The Morgan fingerprint density at radius 1 is 1.55 bits per heavy atom. The third kappa shape index (κ3) is 1.92. The van der Waals surface area contributed by atoms with Crippen LogP contribution in [0.5, 0.6) is 0 Å². The molecule has 0 heterocycles. The zero-order valence-corrected chi connectivity index (χ0v) is 7.55. The molecule has 0 aliphatic heterocycles. The van der Waals surface area contributed by atoms with Crippen molar-refractivity contribution in [2.75, 3.05) is 0 Å². The van der Waals surface area contributed by atoms with Gasteiger partial charge in [0.2, 0.25) is 0 Å². The highest BCUT2D eigenvalue weighted by Gasteiger charge is 2.18. The molecular weight excluding hydrogens is 136 g/mol. The first-order valence-electron chi connectivity index (χ1n) is 4.35. The molecule has 0 aromatic rings. The lowest BCUT2D eigenvalue weighted by Gasteiger charge is -2.19. The number of rotatable bonds is 1. The summed E-state index contributed by atoms with van der Waals surface area (Å²) in [7, 11) is 0. The van der Waals surface area contributed by atoms with E-state index in [-0.39, 0.29) is 5.92 Å². The van der Waals surface area contributed by atoms with Crippen molar-refractivity contribution in [2.24, 2.45) is 11.8 Å². The average Bonchev–Trinajstić information content (AvgIpc) is 1.94. The van der Waals surface area contributed by atoms with E-state index in [2.05, 4.69) is 13.8 Å². The van der Waals surface area contributed by atoms with Gasteiger partial charge in [-0.2, -0.15) is 0 Å². The van der Waals surface area contributed by atoms with Gasteiger partial charge in [0.05, 0.1) is 0 Å². The molecule has 1 aliphatic carbocycles. The SMILES string of the molecule is CC(C)C1=CC(=O)[C@@H](C)CC1. The average molecular weight is 152 g/mol. The molecule has 1 rings (SSSR count). The molecule has 0 spiro atoms. The van der Waals surface area contributed by atoms with Crippen molar-refractivity contribution in [3.63, 3.8) is 0 Å². The smallest absolute Gasteiger partial charge is 0.158 e. The van der Waals surface area contributed by atoms with E-state index in [1.54, 1.807) is 0 Å². The molecule has 0 fully saturated rings. The van der Waals surface area contributed by atoms with E-state index in [0.29, 0.717) is 11.7 Å². The Morgan fingerprint density at radius 3 is 2.64 bits per heavy atom. The van der Waals surface area contributed by atoms with Crippen molar-refractivity contribution in [2.45, 2.75) is 33.6 Å². The molecule has 0 radical (unpaired) electrons. The second-order valence-corrected chi connectivity index (χ2v) is 3.72. The number of allylic oxidation sites excluding steroid dienone is 2. The molecule has 1 nitrogen and oxygen atoms in total. The van der Waals surface area contributed by atoms with Gasteiger partial charge in [-0.05, 0) is 24.8 Å². The molecule has 0 aromatic carbocycles. The molecule has 0 aromatic heterocycles. The summed E-state index contributed by atoms with van der Waals surface area (Å²) >= 11 is 0. The number of carbonyl (C=O) groups is 1. The van der Waals surface area contributed by atoms with E-state index in [1.165, 1.54) is 5.57 Å². The van der Waals surface area contributed by atoms with Gasteiger partial charge in [0.1, 0.15) is 0 Å². The second-order valence-electron chi connectivity index (χ2n) is 3.72. The third-order valence-corrected chi connectivity index (χ3v) is 2.42. The Hall–Kier alpha value is -0.590. The maximum absolute atomic E-state index is 11.2. The fraction of sp³-hybridized carbons (Fsp3) is 0.700. The minimum Gasteiger partial charge on any atom is -0.295 e. The van der Waals surface area contributed by atoms with Crippen LogP contribution < -0.4 is 0 Å². The lowest BCUT2D eigenvalue weighted by atomic mass is 9.85. The summed E-state index contributed by atoms with van der Waals surface area (Å²) in [4.78, 5) is 11.2. The molecule has 11 heavy (non-hydrogen) atoms. The van der Waals surface area contributed by atoms with Gasteiger partial charge in [-0.25, -0.2) is 0 Å². The van der Waals surface area contributed by atoms with Gasteiger partial charge >= 0.3 is 0 Å². The van der Waals surface area contributed by atoms with Gasteiger partial charge in [-0.1, -0.05) is 26.3 Å². The van der Waals surface area contributed by atoms with Crippen LogP contribution in [0.3, 0.4) is 0 Å². The van der Waals surface area contributed by atoms with E-state index >= 15 is 0 Å². The predicted octanol–water partition coefficient (Wildman–Crippen LogP) is 2.57. The van der Waals surface area contributed by atoms with Crippen molar-refractivity contribution in [3.8, 4) is 0 Å². The van der Waals surface area contributed by atoms with Crippen LogP contribution in [0.4, 0.5) is 0 Å². The maximum Gasteiger partial charge on any atom is 0.158 e. The Bertz CT molecular complexity index is 189. The lowest BCUT2D eigenvalue weighted by molar-refractivity contribution is -0.118. The van der Waals surface area contributed by atoms with E-state index in [1.807, 2.05) is 13.0 Å². The molecular formula is C10H16O. The Labute approximate surface area is 68.5 Å². The van der Waals surface area contributed by atoms with Crippen molar-refractivity contribution in [3.05, 3.63) is 11.6 Å². The van der Waals surface area contributed by atoms with Gasteiger partial charge in [0.15, 0.2) is 5.78 Å². The molecule has 62 valence electrons. The number of carbonyl (C=O) groups excluding carboxylic acids is 1. The minimum atomic E-state index is 0.262. The van der Waals surface area contributed by atoms with Crippen molar-refractivity contribution in [1.82, 2.24) is 0 Å². The Balaban J connectivity index is 2.71. The number of hydrogen-bond donors (Lipinski definition) is 0. The monoisotopic (exact) mass is 152 g/mol. The summed E-state index contributed by atoms with van der Waals surface area (Å²) in [6, 6.07) is 0. The van der Waals surface area contributed by atoms with Gasteiger partial charge < -0.3 is 0 Å².